The van der Waals surface area contributed by atoms with Crippen LogP contribution in [0, 0.1) is 17.3 Å². The van der Waals surface area contributed by atoms with Crippen LogP contribution in [0.5, 0.6) is 5.75 Å². The van der Waals surface area contributed by atoms with Gasteiger partial charge in [0.15, 0.2) is 0 Å². The van der Waals surface area contributed by atoms with Crippen molar-refractivity contribution >= 4 is 5.71 Å². The first-order valence-electron chi connectivity index (χ1n) is 8.22. The fourth-order valence-electron chi connectivity index (χ4n) is 5.57. The number of fused-ring (bicyclic) bond motifs is 5. The van der Waals surface area contributed by atoms with E-state index in [1.165, 1.54) is 42.5 Å². The maximum atomic E-state index is 9.71. The van der Waals surface area contributed by atoms with Gasteiger partial charge in [-0.15, -0.1) is 0 Å². The second-order valence-electron chi connectivity index (χ2n) is 7.37. The van der Waals surface area contributed by atoms with Crippen LogP contribution in [0.3, 0.4) is 0 Å². The average molecular weight is 284 g/mol. The van der Waals surface area contributed by atoms with Crippen molar-refractivity contribution in [2.75, 3.05) is 0 Å². The van der Waals surface area contributed by atoms with Gasteiger partial charge in [-0.25, -0.2) is 0 Å². The Morgan fingerprint density at radius 3 is 2.90 bits per heavy atom. The van der Waals surface area contributed by atoms with E-state index in [9.17, 15) is 5.11 Å². The van der Waals surface area contributed by atoms with Crippen molar-refractivity contribution in [2.24, 2.45) is 28.2 Å². The number of nitrogens with zero attached hydrogens (tertiary/aromatic N) is 1. The number of phenolic OH excluding ortho intramolecular Hbond substituents is 1. The van der Waals surface area contributed by atoms with Crippen LogP contribution in [0.4, 0.5) is 0 Å². The van der Waals surface area contributed by atoms with Crippen molar-refractivity contribution in [1.82, 2.24) is 0 Å². The van der Waals surface area contributed by atoms with E-state index in [2.05, 4.69) is 18.1 Å². The first-order valence-corrected chi connectivity index (χ1v) is 8.22. The molecule has 4 rings (SSSR count). The summed E-state index contributed by atoms with van der Waals surface area (Å²) in [6.45, 7) is 2.39. The number of nitrogens with two attached hydrogens (primary N) is 1. The molecule has 3 aliphatic rings. The van der Waals surface area contributed by atoms with E-state index in [0.29, 0.717) is 11.7 Å². The monoisotopic (exact) mass is 284 g/mol. The van der Waals surface area contributed by atoms with E-state index in [0.717, 1.165) is 24.7 Å². The van der Waals surface area contributed by atoms with E-state index < -0.39 is 0 Å². The van der Waals surface area contributed by atoms with E-state index >= 15 is 0 Å². The van der Waals surface area contributed by atoms with Gasteiger partial charge in [0.2, 0.25) is 0 Å². The summed E-state index contributed by atoms with van der Waals surface area (Å²) in [6, 6.07) is 5.99. The first-order chi connectivity index (χ1) is 10.1. The SMILES string of the molecule is C[C@]12CCC3c4ccc(O)cc4CCC3C1CC/C2=N\N. The Morgan fingerprint density at radius 1 is 1.24 bits per heavy atom. The highest BCUT2D eigenvalue weighted by Gasteiger charge is 2.53. The molecule has 0 bridgehead atoms. The van der Waals surface area contributed by atoms with Crippen LogP contribution in [-0.2, 0) is 6.42 Å². The Labute approximate surface area is 126 Å². The Balaban J connectivity index is 1.72. The molecular weight excluding hydrogens is 260 g/mol. The highest BCUT2D eigenvalue weighted by molar-refractivity contribution is 5.92. The summed E-state index contributed by atoms with van der Waals surface area (Å²) < 4.78 is 0. The minimum atomic E-state index is 0.240. The summed E-state index contributed by atoms with van der Waals surface area (Å²) in [7, 11) is 0. The van der Waals surface area contributed by atoms with Crippen LogP contribution >= 0.6 is 0 Å². The second-order valence-corrected chi connectivity index (χ2v) is 7.37. The molecule has 21 heavy (non-hydrogen) atoms. The molecule has 0 saturated heterocycles. The maximum Gasteiger partial charge on any atom is 0.115 e. The molecule has 3 heteroatoms. The number of aromatic hydroxyl groups is 1. The highest BCUT2D eigenvalue weighted by Crippen LogP contribution is 2.59. The molecule has 0 spiro atoms. The molecule has 3 unspecified atom stereocenters. The molecular formula is C18H24N2O. The number of rotatable bonds is 0. The van der Waals surface area contributed by atoms with Crippen molar-refractivity contribution in [3.8, 4) is 5.75 Å². The Kier molecular flexibility index (Phi) is 2.82. The zero-order valence-corrected chi connectivity index (χ0v) is 12.7. The Bertz CT molecular complexity index is 609. The van der Waals surface area contributed by atoms with Crippen molar-refractivity contribution in [3.05, 3.63) is 29.3 Å². The predicted molar refractivity (Wildman–Crippen MR) is 84.3 cm³/mol. The number of phenols is 1. The number of hydrogen-bond donors (Lipinski definition) is 2. The first kappa shape index (κ1) is 13.2. The van der Waals surface area contributed by atoms with Gasteiger partial charge < -0.3 is 10.9 Å². The lowest BCUT2D eigenvalue weighted by Crippen LogP contribution is -2.42. The quantitative estimate of drug-likeness (QED) is 0.565. The number of aryl methyl sites for hydroxylation is 1. The fourth-order valence-corrected chi connectivity index (χ4v) is 5.57. The summed E-state index contributed by atoms with van der Waals surface area (Å²) in [4.78, 5) is 0. The molecule has 3 nitrogen and oxygen atoms in total. The molecule has 0 aliphatic heterocycles. The third-order valence-electron chi connectivity index (χ3n) is 6.61. The van der Waals surface area contributed by atoms with Crippen molar-refractivity contribution in [2.45, 2.75) is 51.4 Å². The molecule has 1 aromatic rings. The molecule has 0 radical (unpaired) electrons. The van der Waals surface area contributed by atoms with Crippen LogP contribution in [0.25, 0.3) is 0 Å². The van der Waals surface area contributed by atoms with Gasteiger partial charge in [0.05, 0.1) is 0 Å². The van der Waals surface area contributed by atoms with Gasteiger partial charge in [-0.2, -0.15) is 5.10 Å². The van der Waals surface area contributed by atoms with E-state index in [1.807, 2.05) is 12.1 Å². The number of benzene rings is 1. The lowest BCUT2D eigenvalue weighted by atomic mass is 9.55. The standard InChI is InChI=1S/C18H24N2O/c1-18-9-8-14-13-5-3-12(21)10-11(13)2-4-15(14)16(18)6-7-17(18)20-19/h3,5,10,14-16,21H,2,4,6-9,19H2,1H3/b20-17+/t14?,15?,16?,18-/m0/s1. The van der Waals surface area contributed by atoms with E-state index in [1.54, 1.807) is 0 Å². The minimum Gasteiger partial charge on any atom is -0.508 e. The molecule has 112 valence electrons. The average Bonchev–Trinajstić information content (AvgIpc) is 2.83. The summed E-state index contributed by atoms with van der Waals surface area (Å²) in [5.74, 6) is 8.23. The molecule has 4 atom stereocenters. The van der Waals surface area contributed by atoms with E-state index in [-0.39, 0.29) is 5.41 Å². The zero-order chi connectivity index (χ0) is 14.6. The number of hydrazone groups is 1. The Hall–Kier alpha value is -1.51. The molecule has 0 heterocycles. The molecule has 0 aromatic heterocycles. The van der Waals surface area contributed by atoms with Crippen LogP contribution in [0.1, 0.15) is 56.1 Å². The van der Waals surface area contributed by atoms with Crippen LogP contribution < -0.4 is 5.84 Å². The van der Waals surface area contributed by atoms with Gasteiger partial charge >= 0.3 is 0 Å². The number of hydrogen-bond acceptors (Lipinski definition) is 3. The lowest BCUT2D eigenvalue weighted by Gasteiger charge is -2.49. The van der Waals surface area contributed by atoms with Crippen molar-refractivity contribution < 1.29 is 5.11 Å². The molecule has 2 saturated carbocycles. The molecule has 2 fully saturated rings. The predicted octanol–water partition coefficient (Wildman–Crippen LogP) is 3.56. The molecule has 0 amide bonds. The van der Waals surface area contributed by atoms with Gasteiger partial charge in [-0.1, -0.05) is 13.0 Å². The van der Waals surface area contributed by atoms with Gasteiger partial charge in [0.25, 0.3) is 0 Å². The van der Waals surface area contributed by atoms with Gasteiger partial charge in [-0.3, -0.25) is 0 Å². The molecule has 3 N–H and O–H groups in total. The molecule has 1 aromatic carbocycles. The summed E-state index contributed by atoms with van der Waals surface area (Å²) >= 11 is 0. The smallest absolute Gasteiger partial charge is 0.115 e. The summed E-state index contributed by atoms with van der Waals surface area (Å²) in [6.07, 6.45) is 7.12. The van der Waals surface area contributed by atoms with Crippen LogP contribution in [0.15, 0.2) is 23.3 Å². The lowest BCUT2D eigenvalue weighted by molar-refractivity contribution is 0.0955. The van der Waals surface area contributed by atoms with Gasteiger partial charge in [-0.05, 0) is 79.5 Å². The van der Waals surface area contributed by atoms with Gasteiger partial charge in [0, 0.05) is 11.1 Å². The normalized spacial score (nSPS) is 39.7. The third-order valence-corrected chi connectivity index (χ3v) is 6.61. The molecule has 3 aliphatic carbocycles. The Morgan fingerprint density at radius 2 is 2.10 bits per heavy atom. The summed E-state index contributed by atoms with van der Waals surface area (Å²) in [5.41, 5.74) is 4.35. The maximum absolute atomic E-state index is 9.71. The minimum absolute atomic E-state index is 0.240. The fraction of sp³-hybridized carbons (Fsp3) is 0.611. The second kappa shape index (κ2) is 4.49. The topological polar surface area (TPSA) is 58.6 Å². The van der Waals surface area contributed by atoms with Crippen molar-refractivity contribution in [1.29, 1.82) is 0 Å². The summed E-state index contributed by atoms with van der Waals surface area (Å²) in [5, 5.41) is 13.8. The highest BCUT2D eigenvalue weighted by atomic mass is 16.3. The third kappa shape index (κ3) is 1.76. The largest absolute Gasteiger partial charge is 0.508 e. The van der Waals surface area contributed by atoms with Crippen molar-refractivity contribution in [3.63, 3.8) is 0 Å². The van der Waals surface area contributed by atoms with E-state index in [4.69, 9.17) is 5.84 Å². The van der Waals surface area contributed by atoms with Crippen LogP contribution in [-0.4, -0.2) is 10.8 Å². The van der Waals surface area contributed by atoms with Crippen LogP contribution in [0.2, 0.25) is 0 Å². The van der Waals surface area contributed by atoms with Gasteiger partial charge in [0.1, 0.15) is 5.75 Å². The zero-order valence-electron chi connectivity index (χ0n) is 12.7.